The maximum atomic E-state index is 2.90. The van der Waals surface area contributed by atoms with Crippen LogP contribution >= 0.6 is 0 Å². The van der Waals surface area contributed by atoms with Gasteiger partial charge in [0, 0.05) is 31.2 Å². The zero-order chi connectivity index (χ0) is 11.8. The summed E-state index contributed by atoms with van der Waals surface area (Å²) in [5.41, 5.74) is 0. The van der Waals surface area contributed by atoms with E-state index >= 15 is 0 Å². The van der Waals surface area contributed by atoms with Crippen molar-refractivity contribution in [3.05, 3.63) is 0 Å². The summed E-state index contributed by atoms with van der Waals surface area (Å²) in [7, 11) is 0. The maximum absolute atomic E-state index is 2.90. The van der Waals surface area contributed by atoms with E-state index in [0.29, 0.717) is 0 Å². The Morgan fingerprint density at radius 2 is 2.06 bits per heavy atom. The molecule has 0 aromatic rings. The summed E-state index contributed by atoms with van der Waals surface area (Å²) in [6.45, 7) is 8.82. The van der Waals surface area contributed by atoms with E-state index in [0.717, 1.165) is 24.0 Å². The molecule has 3 rings (SSSR count). The van der Waals surface area contributed by atoms with E-state index in [4.69, 9.17) is 0 Å². The Labute approximate surface area is 106 Å². The highest BCUT2D eigenvalue weighted by Crippen LogP contribution is 2.42. The van der Waals surface area contributed by atoms with Crippen molar-refractivity contribution in [2.75, 3.05) is 19.6 Å². The highest BCUT2D eigenvalue weighted by molar-refractivity contribution is 5.02. The molecule has 17 heavy (non-hydrogen) atoms. The number of fused-ring (bicyclic) bond motifs is 1. The van der Waals surface area contributed by atoms with Crippen LogP contribution in [0.25, 0.3) is 0 Å². The Bertz CT molecular complexity index is 266. The molecule has 0 aromatic carbocycles. The molecule has 3 aliphatic rings. The Balaban J connectivity index is 1.62. The predicted molar refractivity (Wildman–Crippen MR) is 72.2 cm³/mol. The van der Waals surface area contributed by atoms with Gasteiger partial charge in [0.05, 0.1) is 0 Å². The minimum absolute atomic E-state index is 0.858. The van der Waals surface area contributed by atoms with Crippen LogP contribution in [0.4, 0.5) is 0 Å². The molecular formula is C15H28N2. The standard InChI is InChI=1S/C15H28N2/c1-3-6-12-9-15(12)17-11-14-7-5-8-16(14)10-13(17)4-2/h12-15H,3-11H2,1-2H3. The van der Waals surface area contributed by atoms with Gasteiger partial charge in [-0.25, -0.2) is 0 Å². The smallest absolute Gasteiger partial charge is 0.0224 e. The summed E-state index contributed by atoms with van der Waals surface area (Å²) < 4.78 is 0. The Morgan fingerprint density at radius 1 is 1.18 bits per heavy atom. The van der Waals surface area contributed by atoms with Crippen molar-refractivity contribution >= 4 is 0 Å². The average Bonchev–Trinajstić information content (AvgIpc) is 2.95. The summed E-state index contributed by atoms with van der Waals surface area (Å²) in [6, 6.07) is 2.72. The monoisotopic (exact) mass is 236 g/mol. The molecule has 98 valence electrons. The van der Waals surface area contributed by atoms with E-state index in [1.807, 2.05) is 0 Å². The molecular weight excluding hydrogens is 208 g/mol. The van der Waals surface area contributed by atoms with Gasteiger partial charge < -0.3 is 0 Å². The molecule has 1 saturated carbocycles. The van der Waals surface area contributed by atoms with Gasteiger partial charge in [0.1, 0.15) is 0 Å². The molecule has 2 saturated heterocycles. The second-order valence-corrected chi connectivity index (χ2v) is 6.40. The molecule has 3 fully saturated rings. The van der Waals surface area contributed by atoms with Gasteiger partial charge in [-0.1, -0.05) is 20.3 Å². The van der Waals surface area contributed by atoms with Crippen LogP contribution in [0.5, 0.6) is 0 Å². The fraction of sp³-hybridized carbons (Fsp3) is 1.00. The van der Waals surface area contributed by atoms with E-state index in [1.165, 1.54) is 58.2 Å². The molecule has 0 bridgehead atoms. The van der Waals surface area contributed by atoms with Gasteiger partial charge in [0.25, 0.3) is 0 Å². The average molecular weight is 236 g/mol. The number of piperazine rings is 1. The molecule has 0 aromatic heterocycles. The molecule has 4 unspecified atom stereocenters. The van der Waals surface area contributed by atoms with Crippen LogP contribution in [0.3, 0.4) is 0 Å². The lowest BCUT2D eigenvalue weighted by Gasteiger charge is -2.44. The molecule has 4 atom stereocenters. The summed E-state index contributed by atoms with van der Waals surface area (Å²) in [5.74, 6) is 1.04. The van der Waals surface area contributed by atoms with Crippen molar-refractivity contribution < 1.29 is 0 Å². The van der Waals surface area contributed by atoms with Crippen LogP contribution in [-0.2, 0) is 0 Å². The van der Waals surface area contributed by atoms with Crippen LogP contribution in [0.2, 0.25) is 0 Å². The van der Waals surface area contributed by atoms with Crippen molar-refractivity contribution in [3.63, 3.8) is 0 Å². The zero-order valence-electron chi connectivity index (χ0n) is 11.6. The number of rotatable bonds is 4. The minimum atomic E-state index is 0.858. The van der Waals surface area contributed by atoms with Gasteiger partial charge in [-0.3, -0.25) is 9.80 Å². The second-order valence-electron chi connectivity index (χ2n) is 6.40. The summed E-state index contributed by atoms with van der Waals surface area (Å²) in [4.78, 5) is 5.66. The van der Waals surface area contributed by atoms with Crippen LogP contribution in [0.15, 0.2) is 0 Å². The maximum Gasteiger partial charge on any atom is 0.0224 e. The molecule has 2 heterocycles. The van der Waals surface area contributed by atoms with Crippen molar-refractivity contribution in [3.8, 4) is 0 Å². The summed E-state index contributed by atoms with van der Waals surface area (Å²) >= 11 is 0. The van der Waals surface area contributed by atoms with Crippen molar-refractivity contribution in [1.29, 1.82) is 0 Å². The van der Waals surface area contributed by atoms with Gasteiger partial charge >= 0.3 is 0 Å². The number of hydrogen-bond donors (Lipinski definition) is 0. The SMILES string of the molecule is CCCC1CC1N1CC2CCCN2CC1CC. The number of hydrogen-bond acceptors (Lipinski definition) is 2. The Kier molecular flexibility index (Phi) is 3.45. The largest absolute Gasteiger partial charge is 0.298 e. The minimum Gasteiger partial charge on any atom is -0.298 e. The molecule has 2 nitrogen and oxygen atoms in total. The molecule has 2 aliphatic heterocycles. The summed E-state index contributed by atoms with van der Waals surface area (Å²) in [5, 5.41) is 0. The fourth-order valence-corrected chi connectivity index (χ4v) is 4.20. The van der Waals surface area contributed by atoms with E-state index in [1.54, 1.807) is 0 Å². The lowest BCUT2D eigenvalue weighted by atomic mass is 10.0. The van der Waals surface area contributed by atoms with Gasteiger partial charge in [-0.15, -0.1) is 0 Å². The normalized spacial score (nSPS) is 42.7. The van der Waals surface area contributed by atoms with E-state index in [9.17, 15) is 0 Å². The second kappa shape index (κ2) is 4.89. The lowest BCUT2D eigenvalue weighted by molar-refractivity contribution is 0.0395. The third-order valence-corrected chi connectivity index (χ3v) is 5.28. The first kappa shape index (κ1) is 12.0. The van der Waals surface area contributed by atoms with Crippen molar-refractivity contribution in [1.82, 2.24) is 9.80 Å². The zero-order valence-corrected chi connectivity index (χ0v) is 11.6. The molecule has 0 amide bonds. The highest BCUT2D eigenvalue weighted by Gasteiger charge is 2.46. The van der Waals surface area contributed by atoms with Gasteiger partial charge in [-0.05, 0) is 44.6 Å². The molecule has 0 radical (unpaired) electrons. The lowest BCUT2D eigenvalue weighted by Crippen LogP contribution is -2.56. The topological polar surface area (TPSA) is 6.48 Å². The molecule has 0 N–H and O–H groups in total. The van der Waals surface area contributed by atoms with Gasteiger partial charge in [0.15, 0.2) is 0 Å². The highest BCUT2D eigenvalue weighted by atomic mass is 15.3. The quantitative estimate of drug-likeness (QED) is 0.740. The Hall–Kier alpha value is -0.0800. The van der Waals surface area contributed by atoms with E-state index in [2.05, 4.69) is 23.6 Å². The van der Waals surface area contributed by atoms with Crippen molar-refractivity contribution in [2.24, 2.45) is 5.92 Å². The van der Waals surface area contributed by atoms with Crippen LogP contribution in [0.1, 0.15) is 52.4 Å². The van der Waals surface area contributed by atoms with Crippen molar-refractivity contribution in [2.45, 2.75) is 70.5 Å². The predicted octanol–water partition coefficient (Wildman–Crippen LogP) is 2.73. The third-order valence-electron chi connectivity index (χ3n) is 5.28. The summed E-state index contributed by atoms with van der Waals surface area (Å²) in [6.07, 6.45) is 8.58. The van der Waals surface area contributed by atoms with E-state index in [-0.39, 0.29) is 0 Å². The van der Waals surface area contributed by atoms with Gasteiger partial charge in [0.2, 0.25) is 0 Å². The first-order valence-corrected chi connectivity index (χ1v) is 7.83. The van der Waals surface area contributed by atoms with Crippen LogP contribution < -0.4 is 0 Å². The van der Waals surface area contributed by atoms with Crippen LogP contribution in [0, 0.1) is 5.92 Å². The van der Waals surface area contributed by atoms with Crippen LogP contribution in [-0.4, -0.2) is 47.6 Å². The number of nitrogens with zero attached hydrogens (tertiary/aromatic N) is 2. The first-order valence-electron chi connectivity index (χ1n) is 7.83. The van der Waals surface area contributed by atoms with Gasteiger partial charge in [-0.2, -0.15) is 0 Å². The molecule has 0 spiro atoms. The molecule has 2 heteroatoms. The first-order chi connectivity index (χ1) is 8.33. The van der Waals surface area contributed by atoms with E-state index < -0.39 is 0 Å². The third kappa shape index (κ3) is 2.26. The Morgan fingerprint density at radius 3 is 2.82 bits per heavy atom. The fourth-order valence-electron chi connectivity index (χ4n) is 4.20. The molecule has 1 aliphatic carbocycles.